The Labute approximate surface area is 130 Å². The highest BCUT2D eigenvalue weighted by atomic mass is 32.1. The molecule has 1 heterocycles. The summed E-state index contributed by atoms with van der Waals surface area (Å²) >= 11 is 5.83. The van der Waals surface area contributed by atoms with Gasteiger partial charge in [0.25, 0.3) is 5.91 Å². The maximum atomic E-state index is 13.8. The molecule has 2 aromatic rings. The van der Waals surface area contributed by atoms with E-state index < -0.39 is 11.7 Å². The predicted molar refractivity (Wildman–Crippen MR) is 84.1 cm³/mol. The van der Waals surface area contributed by atoms with E-state index in [1.165, 1.54) is 12.1 Å². The molecule has 3 N–H and O–H groups in total. The number of rotatable bonds is 5. The maximum Gasteiger partial charge on any atom is 0.269 e. The van der Waals surface area contributed by atoms with Crippen LogP contribution in [-0.4, -0.2) is 20.5 Å². The second kappa shape index (κ2) is 6.68. The molecule has 1 aromatic heterocycles. The summed E-state index contributed by atoms with van der Waals surface area (Å²) in [6, 6.07) is 4.26. The van der Waals surface area contributed by atoms with E-state index in [1.54, 1.807) is 6.07 Å². The van der Waals surface area contributed by atoms with Gasteiger partial charge in [-0.15, -0.1) is 5.10 Å². The number of carbonyl (C=O) groups is 1. The van der Waals surface area contributed by atoms with Crippen LogP contribution in [0.25, 0.3) is 0 Å². The zero-order chi connectivity index (χ0) is 15.4. The molecule has 2 rings (SSSR count). The van der Waals surface area contributed by atoms with Crippen LogP contribution >= 0.6 is 23.8 Å². The number of amides is 1. The van der Waals surface area contributed by atoms with Crippen molar-refractivity contribution in [3.05, 3.63) is 40.2 Å². The van der Waals surface area contributed by atoms with Crippen LogP contribution in [0.2, 0.25) is 0 Å². The second-order valence-corrected chi connectivity index (χ2v) is 5.47. The van der Waals surface area contributed by atoms with Crippen LogP contribution in [0.5, 0.6) is 0 Å². The number of hydrogen-bond donors (Lipinski definition) is 2. The summed E-state index contributed by atoms with van der Waals surface area (Å²) in [6.07, 6.45) is 1.51. The molecule has 0 fully saturated rings. The van der Waals surface area contributed by atoms with Crippen molar-refractivity contribution < 1.29 is 9.18 Å². The summed E-state index contributed by atoms with van der Waals surface area (Å²) in [5, 5.41) is 6.54. The van der Waals surface area contributed by atoms with E-state index >= 15 is 0 Å². The Balaban J connectivity index is 2.30. The zero-order valence-corrected chi connectivity index (χ0v) is 12.9. The van der Waals surface area contributed by atoms with Crippen molar-refractivity contribution in [3.8, 4) is 0 Å². The van der Waals surface area contributed by atoms with Crippen molar-refractivity contribution in [3.63, 3.8) is 0 Å². The fraction of sp³-hybridized carbons (Fsp3) is 0.231. The molecule has 21 heavy (non-hydrogen) atoms. The molecule has 0 aliphatic rings. The summed E-state index contributed by atoms with van der Waals surface area (Å²) in [5.74, 6) is -0.965. The van der Waals surface area contributed by atoms with E-state index in [0.717, 1.165) is 18.0 Å². The Morgan fingerprint density at radius 3 is 2.95 bits per heavy atom. The van der Waals surface area contributed by atoms with Gasteiger partial charge in [0.1, 0.15) is 15.7 Å². The summed E-state index contributed by atoms with van der Waals surface area (Å²) in [6.45, 7) is 1.98. The summed E-state index contributed by atoms with van der Waals surface area (Å²) in [7, 11) is 0. The predicted octanol–water partition coefficient (Wildman–Crippen LogP) is 2.52. The smallest absolute Gasteiger partial charge is 0.269 e. The Morgan fingerprint density at radius 2 is 2.29 bits per heavy atom. The standard InChI is InChI=1S/C13H13FN4OS2/c1-2-4-9-11(21-18-17-9)13(19)16-8-6-3-5-7(14)10(8)12(15)20/h3,5-6H,2,4H2,1H3,(H2,15,20)(H,16,19). The third kappa shape index (κ3) is 3.40. The number of nitrogens with zero attached hydrogens (tertiary/aromatic N) is 2. The molecule has 1 amide bonds. The van der Waals surface area contributed by atoms with Crippen molar-refractivity contribution in [1.29, 1.82) is 0 Å². The lowest BCUT2D eigenvalue weighted by Gasteiger charge is -2.10. The van der Waals surface area contributed by atoms with E-state index in [0.29, 0.717) is 17.0 Å². The van der Waals surface area contributed by atoms with Gasteiger partial charge in [-0.1, -0.05) is 36.1 Å². The first kappa shape index (κ1) is 15.5. The van der Waals surface area contributed by atoms with Crippen molar-refractivity contribution in [2.45, 2.75) is 19.8 Å². The van der Waals surface area contributed by atoms with E-state index in [1.807, 2.05) is 6.92 Å². The minimum absolute atomic E-state index is 0.0235. The minimum Gasteiger partial charge on any atom is -0.389 e. The maximum absolute atomic E-state index is 13.8. The van der Waals surface area contributed by atoms with E-state index in [-0.39, 0.29) is 16.2 Å². The normalized spacial score (nSPS) is 10.4. The van der Waals surface area contributed by atoms with Gasteiger partial charge in [-0.2, -0.15) is 0 Å². The lowest BCUT2D eigenvalue weighted by molar-refractivity contribution is 0.102. The molecule has 0 saturated carbocycles. The molecule has 0 saturated heterocycles. The molecule has 1 aromatic carbocycles. The molecule has 0 radical (unpaired) electrons. The van der Waals surface area contributed by atoms with Crippen LogP contribution in [0.3, 0.4) is 0 Å². The monoisotopic (exact) mass is 324 g/mol. The first-order valence-corrected chi connectivity index (χ1v) is 7.43. The highest BCUT2D eigenvalue weighted by molar-refractivity contribution is 7.80. The Morgan fingerprint density at radius 1 is 1.52 bits per heavy atom. The van der Waals surface area contributed by atoms with Gasteiger partial charge in [-0.3, -0.25) is 4.79 Å². The molecule has 110 valence electrons. The van der Waals surface area contributed by atoms with Gasteiger partial charge in [0.15, 0.2) is 0 Å². The van der Waals surface area contributed by atoms with Crippen LogP contribution in [0.1, 0.15) is 34.3 Å². The second-order valence-electron chi connectivity index (χ2n) is 4.28. The number of nitrogens with one attached hydrogen (secondary N) is 1. The van der Waals surface area contributed by atoms with Gasteiger partial charge in [-0.25, -0.2) is 4.39 Å². The van der Waals surface area contributed by atoms with Crippen LogP contribution in [0, 0.1) is 5.82 Å². The van der Waals surface area contributed by atoms with Crippen LogP contribution in [-0.2, 0) is 6.42 Å². The first-order chi connectivity index (χ1) is 10.0. The number of anilines is 1. The average Bonchev–Trinajstić information content (AvgIpc) is 2.87. The Bertz CT molecular complexity index is 687. The van der Waals surface area contributed by atoms with Crippen molar-refractivity contribution in [1.82, 2.24) is 9.59 Å². The molecule has 0 aliphatic carbocycles. The van der Waals surface area contributed by atoms with E-state index in [9.17, 15) is 9.18 Å². The summed E-state index contributed by atoms with van der Waals surface area (Å²) < 4.78 is 17.5. The fourth-order valence-electron chi connectivity index (χ4n) is 1.84. The third-order valence-electron chi connectivity index (χ3n) is 2.76. The lowest BCUT2D eigenvalue weighted by atomic mass is 10.1. The molecule has 0 bridgehead atoms. The van der Waals surface area contributed by atoms with Gasteiger partial charge in [0, 0.05) is 0 Å². The molecule has 0 aliphatic heterocycles. The third-order valence-corrected chi connectivity index (χ3v) is 3.73. The van der Waals surface area contributed by atoms with Gasteiger partial charge < -0.3 is 11.1 Å². The largest absolute Gasteiger partial charge is 0.389 e. The Kier molecular flexibility index (Phi) is 4.92. The molecule has 5 nitrogen and oxygen atoms in total. The minimum atomic E-state index is -0.573. The highest BCUT2D eigenvalue weighted by Gasteiger charge is 2.19. The van der Waals surface area contributed by atoms with E-state index in [4.69, 9.17) is 18.0 Å². The number of carbonyl (C=O) groups excluding carboxylic acids is 1. The number of nitrogens with two attached hydrogens (primary N) is 1. The number of aromatic nitrogens is 2. The fourth-order valence-corrected chi connectivity index (χ4v) is 2.65. The Hall–Kier alpha value is -1.93. The quantitative estimate of drug-likeness (QED) is 0.826. The molecule has 0 spiro atoms. The first-order valence-electron chi connectivity index (χ1n) is 6.25. The highest BCUT2D eigenvalue weighted by Crippen LogP contribution is 2.21. The van der Waals surface area contributed by atoms with Crippen LogP contribution in [0.15, 0.2) is 18.2 Å². The number of hydrogen-bond acceptors (Lipinski definition) is 5. The average molecular weight is 324 g/mol. The van der Waals surface area contributed by atoms with E-state index in [2.05, 4.69) is 14.9 Å². The zero-order valence-electron chi connectivity index (χ0n) is 11.2. The molecular weight excluding hydrogens is 311 g/mol. The van der Waals surface area contributed by atoms with Crippen LogP contribution < -0.4 is 11.1 Å². The molecule has 8 heteroatoms. The molecular formula is C13H13FN4OS2. The topological polar surface area (TPSA) is 80.9 Å². The molecule has 0 atom stereocenters. The number of thiocarbonyl (C=S) groups is 1. The van der Waals surface area contributed by atoms with Gasteiger partial charge in [0.2, 0.25) is 0 Å². The van der Waals surface area contributed by atoms with Gasteiger partial charge in [-0.05, 0) is 30.1 Å². The molecule has 0 unspecified atom stereocenters. The van der Waals surface area contributed by atoms with Gasteiger partial charge >= 0.3 is 0 Å². The number of benzene rings is 1. The van der Waals surface area contributed by atoms with Crippen molar-refractivity contribution >= 4 is 40.3 Å². The number of aryl methyl sites for hydroxylation is 1. The summed E-state index contributed by atoms with van der Waals surface area (Å²) in [4.78, 5) is 12.6. The van der Waals surface area contributed by atoms with Crippen molar-refractivity contribution in [2.75, 3.05) is 5.32 Å². The lowest BCUT2D eigenvalue weighted by Crippen LogP contribution is -2.19. The SMILES string of the molecule is CCCc1nnsc1C(=O)Nc1cccc(F)c1C(N)=S. The van der Waals surface area contributed by atoms with Gasteiger partial charge in [0.05, 0.1) is 16.9 Å². The van der Waals surface area contributed by atoms with Crippen molar-refractivity contribution in [2.24, 2.45) is 5.73 Å². The number of halogens is 1. The van der Waals surface area contributed by atoms with Crippen LogP contribution in [0.4, 0.5) is 10.1 Å². The summed E-state index contributed by atoms with van der Waals surface area (Å²) in [5.41, 5.74) is 6.40.